The molecule has 33 heavy (non-hydrogen) atoms. The van der Waals surface area contributed by atoms with Crippen LogP contribution in [0.4, 0.5) is 5.82 Å². The Morgan fingerprint density at radius 3 is 2.48 bits per heavy atom. The van der Waals surface area contributed by atoms with Gasteiger partial charge in [-0.2, -0.15) is 9.78 Å². The minimum absolute atomic E-state index is 0.135. The molecule has 0 unspecified atom stereocenters. The maximum absolute atomic E-state index is 12.8. The molecule has 1 saturated carbocycles. The van der Waals surface area contributed by atoms with Crippen LogP contribution in [0.3, 0.4) is 0 Å². The molecule has 168 valence electrons. The average Bonchev–Trinajstić information content (AvgIpc) is 3.43. The van der Waals surface area contributed by atoms with Gasteiger partial charge < -0.3 is 5.32 Å². The summed E-state index contributed by atoms with van der Waals surface area (Å²) in [4.78, 5) is 12.8. The first-order valence-corrected chi connectivity index (χ1v) is 12.0. The number of thioether (sulfide) groups is 1. The topological polar surface area (TPSA) is 90.5 Å². The maximum atomic E-state index is 12.8. The maximum Gasteiger partial charge on any atom is 0.236 e. The highest BCUT2D eigenvalue weighted by Crippen LogP contribution is 2.40. The van der Waals surface area contributed by atoms with Crippen molar-refractivity contribution in [3.8, 4) is 11.4 Å². The lowest BCUT2D eigenvalue weighted by Gasteiger charge is -2.09. The number of tetrazole rings is 1. The lowest BCUT2D eigenvalue weighted by molar-refractivity contribution is -0.113. The zero-order chi connectivity index (χ0) is 22.8. The Hall–Kier alpha value is -3.46. The Balaban J connectivity index is 1.28. The van der Waals surface area contributed by atoms with Crippen LogP contribution in [0.1, 0.15) is 49.8 Å². The van der Waals surface area contributed by atoms with E-state index in [1.54, 1.807) is 9.36 Å². The van der Waals surface area contributed by atoms with Crippen LogP contribution in [-0.4, -0.2) is 41.6 Å². The van der Waals surface area contributed by atoms with Gasteiger partial charge in [-0.15, -0.1) is 5.10 Å². The fraction of sp³-hybridized carbons (Fsp3) is 0.292. The van der Waals surface area contributed by atoms with Crippen LogP contribution >= 0.6 is 11.8 Å². The number of aromatic nitrogens is 6. The standard InChI is InChI=1S/C24H25N7OS/c1-16(2)17-10-12-20(13-11-17)31-24(26-28-29-31)33-15-23(32)25-22-14-21(18-8-9-18)27-30(22)19-6-4-3-5-7-19/h3-7,10-14,16,18H,8-9,15H2,1-2H3,(H,25,32). The summed E-state index contributed by atoms with van der Waals surface area (Å²) < 4.78 is 3.46. The fourth-order valence-corrected chi connectivity index (χ4v) is 4.26. The lowest BCUT2D eigenvalue weighted by atomic mass is 10.0. The molecule has 8 nitrogen and oxygen atoms in total. The van der Waals surface area contributed by atoms with Gasteiger partial charge in [-0.1, -0.05) is 55.9 Å². The highest BCUT2D eigenvalue weighted by atomic mass is 32.2. The number of nitrogens with one attached hydrogen (secondary N) is 1. The van der Waals surface area contributed by atoms with Crippen LogP contribution in [0.5, 0.6) is 0 Å². The summed E-state index contributed by atoms with van der Waals surface area (Å²) in [6, 6.07) is 20.0. The molecule has 4 aromatic rings. The molecule has 1 aliphatic rings. The molecule has 0 aliphatic heterocycles. The first kappa shape index (κ1) is 21.4. The molecule has 0 spiro atoms. The van der Waals surface area contributed by atoms with E-state index in [2.05, 4.69) is 46.8 Å². The monoisotopic (exact) mass is 459 g/mol. The molecule has 0 radical (unpaired) electrons. The van der Waals surface area contributed by atoms with Crippen LogP contribution in [0.25, 0.3) is 11.4 Å². The molecule has 0 atom stereocenters. The van der Waals surface area contributed by atoms with Crippen molar-refractivity contribution in [1.82, 2.24) is 30.0 Å². The summed E-state index contributed by atoms with van der Waals surface area (Å²) in [5.41, 5.74) is 4.06. The largest absolute Gasteiger partial charge is 0.310 e. The highest BCUT2D eigenvalue weighted by molar-refractivity contribution is 7.99. The molecule has 2 aromatic heterocycles. The van der Waals surface area contributed by atoms with Crippen molar-refractivity contribution in [3.63, 3.8) is 0 Å². The molecule has 0 bridgehead atoms. The number of benzene rings is 2. The number of carbonyl (C=O) groups excluding carboxylic acids is 1. The molecule has 0 saturated heterocycles. The number of nitrogens with zero attached hydrogens (tertiary/aromatic N) is 6. The highest BCUT2D eigenvalue weighted by Gasteiger charge is 2.28. The average molecular weight is 460 g/mol. The van der Waals surface area contributed by atoms with Crippen molar-refractivity contribution in [2.24, 2.45) is 0 Å². The van der Waals surface area contributed by atoms with E-state index in [9.17, 15) is 4.79 Å². The van der Waals surface area contributed by atoms with Gasteiger partial charge in [0, 0.05) is 12.0 Å². The fourth-order valence-electron chi connectivity index (χ4n) is 3.57. The molecule has 1 aliphatic carbocycles. The summed E-state index contributed by atoms with van der Waals surface area (Å²) in [6.07, 6.45) is 2.30. The predicted molar refractivity (Wildman–Crippen MR) is 128 cm³/mol. The minimum Gasteiger partial charge on any atom is -0.310 e. The number of carbonyl (C=O) groups is 1. The Bertz CT molecular complexity index is 1240. The van der Waals surface area contributed by atoms with Gasteiger partial charge in [0.1, 0.15) is 5.82 Å². The van der Waals surface area contributed by atoms with E-state index in [1.807, 2.05) is 48.5 Å². The van der Waals surface area contributed by atoms with Gasteiger partial charge in [0.25, 0.3) is 0 Å². The number of anilines is 1. The molecule has 1 N–H and O–H groups in total. The minimum atomic E-state index is -0.135. The van der Waals surface area contributed by atoms with Crippen LogP contribution in [0.2, 0.25) is 0 Å². The normalized spacial score (nSPS) is 13.4. The third-order valence-corrected chi connectivity index (χ3v) is 6.49. The Morgan fingerprint density at radius 2 is 1.79 bits per heavy atom. The van der Waals surface area contributed by atoms with Gasteiger partial charge in [-0.25, -0.2) is 4.68 Å². The Kier molecular flexibility index (Phi) is 5.95. The van der Waals surface area contributed by atoms with Crippen molar-refractivity contribution in [2.75, 3.05) is 11.1 Å². The van der Waals surface area contributed by atoms with Crippen molar-refractivity contribution in [1.29, 1.82) is 0 Å². The lowest BCUT2D eigenvalue weighted by Crippen LogP contribution is -2.17. The predicted octanol–water partition coefficient (Wildman–Crippen LogP) is 4.58. The van der Waals surface area contributed by atoms with Crippen LogP contribution in [0.15, 0.2) is 65.8 Å². The first-order chi connectivity index (χ1) is 16.1. The van der Waals surface area contributed by atoms with Gasteiger partial charge in [0.05, 0.1) is 22.8 Å². The van der Waals surface area contributed by atoms with Crippen molar-refractivity contribution in [2.45, 2.75) is 43.7 Å². The second-order valence-electron chi connectivity index (χ2n) is 8.43. The molecular formula is C24H25N7OS. The van der Waals surface area contributed by atoms with E-state index >= 15 is 0 Å². The molecule has 1 amide bonds. The van der Waals surface area contributed by atoms with Crippen LogP contribution < -0.4 is 5.32 Å². The number of para-hydroxylation sites is 1. The van der Waals surface area contributed by atoms with Crippen molar-refractivity contribution >= 4 is 23.5 Å². The van der Waals surface area contributed by atoms with Crippen LogP contribution in [-0.2, 0) is 4.79 Å². The summed E-state index contributed by atoms with van der Waals surface area (Å²) >= 11 is 1.30. The third kappa shape index (κ3) is 4.83. The number of hydrogen-bond acceptors (Lipinski definition) is 6. The van der Waals surface area contributed by atoms with E-state index in [0.29, 0.717) is 22.8 Å². The molecule has 2 aromatic carbocycles. The van der Waals surface area contributed by atoms with Crippen molar-refractivity contribution < 1.29 is 4.79 Å². The van der Waals surface area contributed by atoms with E-state index in [4.69, 9.17) is 5.10 Å². The van der Waals surface area contributed by atoms with Gasteiger partial charge in [0.15, 0.2) is 0 Å². The summed E-state index contributed by atoms with van der Waals surface area (Å²) in [5.74, 6) is 1.67. The third-order valence-electron chi connectivity index (χ3n) is 5.57. The molecule has 9 heteroatoms. The second kappa shape index (κ2) is 9.19. The van der Waals surface area contributed by atoms with Crippen LogP contribution in [0, 0.1) is 0 Å². The molecule has 5 rings (SSSR count). The van der Waals surface area contributed by atoms with Crippen molar-refractivity contribution in [3.05, 3.63) is 71.9 Å². The van der Waals surface area contributed by atoms with E-state index < -0.39 is 0 Å². The first-order valence-electron chi connectivity index (χ1n) is 11.1. The van der Waals surface area contributed by atoms with Gasteiger partial charge in [-0.05, 0) is 59.0 Å². The zero-order valence-electron chi connectivity index (χ0n) is 18.5. The molecular weight excluding hydrogens is 434 g/mol. The number of rotatable bonds is 8. The number of amides is 1. The van der Waals surface area contributed by atoms with Gasteiger partial charge in [0.2, 0.25) is 11.1 Å². The summed E-state index contributed by atoms with van der Waals surface area (Å²) in [6.45, 7) is 4.31. The smallest absolute Gasteiger partial charge is 0.236 e. The Labute approximate surface area is 196 Å². The second-order valence-corrected chi connectivity index (χ2v) is 9.37. The molecule has 2 heterocycles. The quantitative estimate of drug-likeness (QED) is 0.388. The SMILES string of the molecule is CC(C)c1ccc(-n2nnnc2SCC(=O)Nc2cc(C3CC3)nn2-c2ccccc2)cc1. The van der Waals surface area contributed by atoms with E-state index in [1.165, 1.54) is 17.3 Å². The van der Waals surface area contributed by atoms with E-state index in [-0.39, 0.29) is 11.7 Å². The van der Waals surface area contributed by atoms with Gasteiger partial charge in [-0.3, -0.25) is 4.79 Å². The zero-order valence-corrected chi connectivity index (χ0v) is 19.4. The van der Waals surface area contributed by atoms with E-state index in [0.717, 1.165) is 29.9 Å². The Morgan fingerprint density at radius 1 is 1.06 bits per heavy atom. The summed E-state index contributed by atoms with van der Waals surface area (Å²) in [7, 11) is 0. The molecule has 1 fully saturated rings. The number of hydrogen-bond donors (Lipinski definition) is 1. The summed E-state index contributed by atoms with van der Waals surface area (Å²) in [5, 5.41) is 20.3. The van der Waals surface area contributed by atoms with Gasteiger partial charge >= 0.3 is 0 Å².